The molecule has 0 aliphatic heterocycles. The summed E-state index contributed by atoms with van der Waals surface area (Å²) in [7, 11) is 0. The summed E-state index contributed by atoms with van der Waals surface area (Å²) < 4.78 is 2.22. The van der Waals surface area contributed by atoms with Crippen LogP contribution in [-0.4, -0.2) is 20.4 Å². The number of nitrogens with zero attached hydrogens (tertiary/aromatic N) is 4. The van der Waals surface area contributed by atoms with E-state index in [4.69, 9.17) is 9.97 Å². The zero-order chi connectivity index (χ0) is 20.4. The van der Waals surface area contributed by atoms with E-state index in [1.54, 1.807) is 23.6 Å². The van der Waals surface area contributed by atoms with Crippen LogP contribution in [0, 0.1) is 6.92 Å². The van der Waals surface area contributed by atoms with Crippen molar-refractivity contribution in [3.63, 3.8) is 0 Å². The molecular weight excluding hydrogens is 400 g/mol. The van der Waals surface area contributed by atoms with Gasteiger partial charge in [0.25, 0.3) is 0 Å². The number of hydrogen-bond acceptors (Lipinski definition) is 5. The molecular formula is C22H22N4OS2. The van der Waals surface area contributed by atoms with Crippen LogP contribution in [0.5, 0.6) is 0 Å². The lowest BCUT2D eigenvalue weighted by Gasteiger charge is -2.18. The van der Waals surface area contributed by atoms with Gasteiger partial charge in [0.15, 0.2) is 10.3 Å². The fourth-order valence-corrected chi connectivity index (χ4v) is 5.23. The number of aromatic nitrogens is 3. The number of carbonyl (C=O) groups excluding carboxylic acids is 1. The number of anilines is 2. The van der Waals surface area contributed by atoms with Gasteiger partial charge in [0.1, 0.15) is 0 Å². The van der Waals surface area contributed by atoms with Gasteiger partial charge >= 0.3 is 0 Å². The molecule has 2 aromatic heterocycles. The molecule has 0 spiro atoms. The molecule has 4 aromatic rings. The molecule has 0 aliphatic rings. The van der Waals surface area contributed by atoms with Crippen molar-refractivity contribution in [1.82, 2.24) is 14.5 Å². The molecule has 0 fully saturated rings. The number of amides is 1. The maximum atomic E-state index is 12.3. The highest BCUT2D eigenvalue weighted by Gasteiger charge is 2.18. The molecule has 1 amide bonds. The average Bonchev–Trinajstić information content (AvgIpc) is 3.30. The topological polar surface area (TPSA) is 51.0 Å². The summed E-state index contributed by atoms with van der Waals surface area (Å²) in [5.74, 6) is 0.663. The quantitative estimate of drug-likeness (QED) is 0.369. The largest absolute Gasteiger partial charge is 0.319 e. The van der Waals surface area contributed by atoms with E-state index >= 15 is 0 Å². The Hall–Kier alpha value is -2.64. The van der Waals surface area contributed by atoms with Crippen molar-refractivity contribution in [1.29, 1.82) is 0 Å². The Balaban J connectivity index is 1.56. The number of benzene rings is 2. The van der Waals surface area contributed by atoms with Gasteiger partial charge in [-0.05, 0) is 43.7 Å². The molecule has 2 aromatic carbocycles. The zero-order valence-electron chi connectivity index (χ0n) is 16.6. The van der Waals surface area contributed by atoms with E-state index < -0.39 is 0 Å². The summed E-state index contributed by atoms with van der Waals surface area (Å²) in [5.41, 5.74) is 5.07. The number of thiazole rings is 1. The first-order chi connectivity index (χ1) is 14.1. The molecule has 0 atom stereocenters. The van der Waals surface area contributed by atoms with Gasteiger partial charge < -0.3 is 4.57 Å². The molecule has 5 nitrogen and oxygen atoms in total. The fourth-order valence-electron chi connectivity index (χ4n) is 3.27. The van der Waals surface area contributed by atoms with Crippen molar-refractivity contribution in [2.24, 2.45) is 0 Å². The van der Waals surface area contributed by atoms with Crippen LogP contribution in [-0.2, 0) is 17.1 Å². The Morgan fingerprint density at radius 1 is 1.17 bits per heavy atom. The van der Waals surface area contributed by atoms with Crippen molar-refractivity contribution in [3.8, 4) is 0 Å². The summed E-state index contributed by atoms with van der Waals surface area (Å²) in [6, 6.07) is 16.1. The van der Waals surface area contributed by atoms with Crippen LogP contribution >= 0.6 is 23.1 Å². The smallest absolute Gasteiger partial charge is 0.230 e. The first-order valence-corrected chi connectivity index (χ1v) is 11.3. The van der Waals surface area contributed by atoms with E-state index in [-0.39, 0.29) is 5.91 Å². The number of fused-ring (bicyclic) bond motifs is 1. The summed E-state index contributed by atoms with van der Waals surface area (Å²) in [6.07, 6.45) is 0. The number of thioether (sulfide) groups is 1. The van der Waals surface area contributed by atoms with Gasteiger partial charge in [-0.25, -0.2) is 9.97 Å². The lowest BCUT2D eigenvalue weighted by Crippen LogP contribution is -2.22. The number of carbonyl (C=O) groups is 1. The predicted octanol–water partition coefficient (Wildman–Crippen LogP) is 5.80. The third-order valence-corrected chi connectivity index (χ3v) is 6.48. The Kier molecular flexibility index (Phi) is 5.69. The van der Waals surface area contributed by atoms with Crippen LogP contribution in [0.4, 0.5) is 10.8 Å². The second-order valence-electron chi connectivity index (χ2n) is 6.73. The maximum Gasteiger partial charge on any atom is 0.230 e. The number of para-hydroxylation sites is 2. The highest BCUT2D eigenvalue weighted by atomic mass is 32.2. The highest BCUT2D eigenvalue weighted by molar-refractivity contribution is 7.98. The van der Waals surface area contributed by atoms with Crippen LogP contribution in [0.1, 0.15) is 25.1 Å². The Labute approximate surface area is 178 Å². The van der Waals surface area contributed by atoms with Gasteiger partial charge in [0, 0.05) is 24.6 Å². The normalized spacial score (nSPS) is 11.1. The fraction of sp³-hybridized carbons (Fsp3) is 0.227. The molecule has 2 heterocycles. The number of rotatable bonds is 6. The van der Waals surface area contributed by atoms with E-state index in [1.807, 2.05) is 54.8 Å². The third-order valence-electron chi connectivity index (χ3n) is 4.59. The standard InChI is InChI=1S/C22H22N4OS2/c1-4-25-20-11-6-5-10-19(20)24-21(25)28-13-17-14-29-22(23-17)26(16(3)27)18-9-7-8-15(2)12-18/h5-12,14H,4,13H2,1-3H3. The minimum absolute atomic E-state index is 0.0445. The van der Waals surface area contributed by atoms with Gasteiger partial charge in [-0.15, -0.1) is 11.3 Å². The number of aryl methyl sites for hydroxylation is 2. The zero-order valence-corrected chi connectivity index (χ0v) is 18.3. The second-order valence-corrected chi connectivity index (χ2v) is 8.51. The Bertz CT molecular complexity index is 1160. The molecule has 4 rings (SSSR count). The molecule has 7 heteroatoms. The molecule has 0 radical (unpaired) electrons. The highest BCUT2D eigenvalue weighted by Crippen LogP contribution is 2.32. The third kappa shape index (κ3) is 4.06. The minimum atomic E-state index is -0.0445. The van der Waals surface area contributed by atoms with Gasteiger partial charge in [0.05, 0.1) is 22.4 Å². The Morgan fingerprint density at radius 3 is 2.76 bits per heavy atom. The van der Waals surface area contributed by atoms with Crippen molar-refractivity contribution in [2.75, 3.05) is 4.90 Å². The number of imidazole rings is 1. The lowest BCUT2D eigenvalue weighted by atomic mass is 10.2. The van der Waals surface area contributed by atoms with Gasteiger partial charge in [-0.3, -0.25) is 9.69 Å². The summed E-state index contributed by atoms with van der Waals surface area (Å²) in [6.45, 7) is 6.59. The molecule has 0 N–H and O–H groups in total. The van der Waals surface area contributed by atoms with Gasteiger partial charge in [-0.2, -0.15) is 0 Å². The van der Waals surface area contributed by atoms with Crippen LogP contribution in [0.2, 0.25) is 0 Å². The molecule has 148 valence electrons. The van der Waals surface area contributed by atoms with Crippen molar-refractivity contribution < 1.29 is 4.79 Å². The predicted molar refractivity (Wildman–Crippen MR) is 121 cm³/mol. The van der Waals surface area contributed by atoms with Crippen LogP contribution in [0.25, 0.3) is 11.0 Å². The van der Waals surface area contributed by atoms with Crippen molar-refractivity contribution in [2.45, 2.75) is 38.2 Å². The summed E-state index contributed by atoms with van der Waals surface area (Å²) in [5, 5.41) is 3.71. The molecule has 0 bridgehead atoms. The van der Waals surface area contributed by atoms with Crippen molar-refractivity contribution >= 4 is 50.9 Å². The lowest BCUT2D eigenvalue weighted by molar-refractivity contribution is -0.115. The van der Waals surface area contributed by atoms with E-state index in [9.17, 15) is 4.79 Å². The van der Waals surface area contributed by atoms with E-state index in [1.165, 1.54) is 11.3 Å². The summed E-state index contributed by atoms with van der Waals surface area (Å²) in [4.78, 5) is 23.5. The average molecular weight is 423 g/mol. The van der Waals surface area contributed by atoms with Crippen LogP contribution in [0.15, 0.2) is 59.1 Å². The van der Waals surface area contributed by atoms with E-state index in [0.29, 0.717) is 10.9 Å². The Morgan fingerprint density at radius 2 is 2.00 bits per heavy atom. The first-order valence-electron chi connectivity index (χ1n) is 9.46. The number of hydrogen-bond donors (Lipinski definition) is 0. The SMILES string of the molecule is CCn1c(SCc2csc(N(C(C)=O)c3cccc(C)c3)n2)nc2ccccc21. The molecule has 0 aliphatic carbocycles. The van der Waals surface area contributed by atoms with Crippen LogP contribution < -0.4 is 4.90 Å². The minimum Gasteiger partial charge on any atom is -0.319 e. The second kappa shape index (κ2) is 8.39. The monoisotopic (exact) mass is 422 g/mol. The summed E-state index contributed by atoms with van der Waals surface area (Å²) >= 11 is 3.16. The maximum absolute atomic E-state index is 12.3. The van der Waals surface area contributed by atoms with E-state index in [0.717, 1.165) is 39.7 Å². The van der Waals surface area contributed by atoms with Crippen molar-refractivity contribution in [3.05, 3.63) is 65.2 Å². The van der Waals surface area contributed by atoms with Gasteiger partial charge in [0.2, 0.25) is 5.91 Å². The first kappa shape index (κ1) is 19.7. The molecule has 0 unspecified atom stereocenters. The van der Waals surface area contributed by atoms with Gasteiger partial charge in [-0.1, -0.05) is 36.0 Å². The molecule has 29 heavy (non-hydrogen) atoms. The molecule has 0 saturated heterocycles. The molecule has 0 saturated carbocycles. The van der Waals surface area contributed by atoms with Crippen LogP contribution in [0.3, 0.4) is 0 Å². The van der Waals surface area contributed by atoms with E-state index in [2.05, 4.69) is 17.6 Å².